The zero-order chi connectivity index (χ0) is 22.1. The van der Waals surface area contributed by atoms with Gasteiger partial charge in [0.2, 0.25) is 5.88 Å². The first-order valence-corrected chi connectivity index (χ1v) is 12.6. The van der Waals surface area contributed by atoms with Gasteiger partial charge in [-0.1, -0.05) is 6.92 Å². The quantitative estimate of drug-likeness (QED) is 0.441. The molecule has 0 saturated heterocycles. The average Bonchev–Trinajstić information content (AvgIpc) is 3.11. The van der Waals surface area contributed by atoms with Gasteiger partial charge in [-0.2, -0.15) is 13.5 Å². The van der Waals surface area contributed by atoms with Crippen molar-refractivity contribution in [2.75, 3.05) is 18.6 Å². The highest BCUT2D eigenvalue weighted by Gasteiger charge is 2.30. The summed E-state index contributed by atoms with van der Waals surface area (Å²) in [5.41, 5.74) is 3.57. The third-order valence-electron chi connectivity index (χ3n) is 5.24. The molecule has 1 aromatic heterocycles. The minimum atomic E-state index is -3.81. The maximum Gasteiger partial charge on any atom is 0.310 e. The number of nitrogens with zero attached hydrogens (tertiary/aromatic N) is 2. The summed E-state index contributed by atoms with van der Waals surface area (Å²) in [6.07, 6.45) is 2.63. The first kappa shape index (κ1) is 22.8. The molecular formula is C21H28N2O5S2. The van der Waals surface area contributed by atoms with Crippen molar-refractivity contribution in [2.45, 2.75) is 58.1 Å². The smallest absolute Gasteiger partial charge is 0.310 e. The molecule has 164 valence electrons. The molecule has 9 heteroatoms. The summed E-state index contributed by atoms with van der Waals surface area (Å²) in [5, 5.41) is 4.17. The number of methoxy groups -OCH3 is 1. The molecule has 30 heavy (non-hydrogen) atoms. The molecule has 7 nitrogen and oxygen atoms in total. The molecule has 3 rings (SSSR count). The topological polar surface area (TPSA) is 87.5 Å². The fourth-order valence-electron chi connectivity index (χ4n) is 3.78. The number of carbonyl (C=O) groups is 1. The van der Waals surface area contributed by atoms with Crippen molar-refractivity contribution < 1.29 is 22.1 Å². The molecule has 1 atom stereocenters. The highest BCUT2D eigenvalue weighted by Crippen LogP contribution is 2.43. The Morgan fingerprint density at radius 1 is 1.30 bits per heavy atom. The second-order valence-corrected chi connectivity index (χ2v) is 10.1. The normalized spacial score (nSPS) is 16.4. The van der Waals surface area contributed by atoms with Gasteiger partial charge in [0.05, 0.1) is 18.1 Å². The van der Waals surface area contributed by atoms with Crippen molar-refractivity contribution in [2.24, 2.45) is 0 Å². The lowest BCUT2D eigenvalue weighted by Gasteiger charge is -2.28. The van der Waals surface area contributed by atoms with Crippen molar-refractivity contribution in [1.82, 2.24) is 9.78 Å². The number of aromatic nitrogens is 2. The molecule has 0 aliphatic carbocycles. The van der Waals surface area contributed by atoms with Gasteiger partial charge >= 0.3 is 10.1 Å². The van der Waals surface area contributed by atoms with Crippen molar-refractivity contribution in [3.63, 3.8) is 0 Å². The summed E-state index contributed by atoms with van der Waals surface area (Å²) in [7, 11) is -2.12. The lowest BCUT2D eigenvalue weighted by atomic mass is 9.90. The predicted molar refractivity (Wildman–Crippen MR) is 117 cm³/mol. The van der Waals surface area contributed by atoms with E-state index in [4.69, 9.17) is 8.92 Å². The van der Waals surface area contributed by atoms with Crippen molar-refractivity contribution in [3.8, 4) is 5.88 Å². The van der Waals surface area contributed by atoms with E-state index >= 15 is 0 Å². The Morgan fingerprint density at radius 3 is 2.67 bits per heavy atom. The van der Waals surface area contributed by atoms with E-state index in [1.165, 1.54) is 10.9 Å². The van der Waals surface area contributed by atoms with Crippen LogP contribution in [0.3, 0.4) is 0 Å². The Morgan fingerprint density at radius 2 is 2.03 bits per heavy atom. The van der Waals surface area contributed by atoms with Crippen LogP contribution in [0.15, 0.2) is 17.2 Å². The highest BCUT2D eigenvalue weighted by atomic mass is 32.2. The van der Waals surface area contributed by atoms with Gasteiger partial charge in [0.1, 0.15) is 5.56 Å². The highest BCUT2D eigenvalue weighted by molar-refractivity contribution is 7.99. The lowest BCUT2D eigenvalue weighted by molar-refractivity contribution is 0.0961. The number of hydrogen-bond donors (Lipinski definition) is 0. The van der Waals surface area contributed by atoms with E-state index in [2.05, 4.69) is 5.10 Å². The minimum absolute atomic E-state index is 0.0246. The van der Waals surface area contributed by atoms with E-state index in [1.807, 2.05) is 26.8 Å². The summed E-state index contributed by atoms with van der Waals surface area (Å²) >= 11 is 1.78. The maximum absolute atomic E-state index is 13.5. The largest absolute Gasteiger partial charge is 0.377 e. The van der Waals surface area contributed by atoms with Crippen molar-refractivity contribution >= 4 is 27.7 Å². The molecule has 2 heterocycles. The maximum atomic E-state index is 13.5. The number of hydrogen-bond acceptors (Lipinski definition) is 7. The second kappa shape index (κ2) is 9.11. The molecule has 0 N–H and O–H groups in total. The molecule has 0 spiro atoms. The number of ether oxygens (including phenoxy) is 1. The fraction of sp³-hybridized carbons (Fsp3) is 0.524. The fourth-order valence-corrected chi connectivity index (χ4v) is 6.04. The summed E-state index contributed by atoms with van der Waals surface area (Å²) < 4.78 is 37.0. The van der Waals surface area contributed by atoms with Crippen LogP contribution in [0.5, 0.6) is 5.88 Å². The average molecular weight is 453 g/mol. The van der Waals surface area contributed by atoms with Crippen LogP contribution < -0.4 is 4.18 Å². The van der Waals surface area contributed by atoms with Crippen LogP contribution in [0.2, 0.25) is 0 Å². The van der Waals surface area contributed by atoms with Gasteiger partial charge in [0.15, 0.2) is 5.78 Å². The molecule has 0 saturated carbocycles. The first-order chi connectivity index (χ1) is 14.2. The zero-order valence-electron chi connectivity index (χ0n) is 18.0. The Kier molecular flexibility index (Phi) is 6.94. The van der Waals surface area contributed by atoms with Gasteiger partial charge in [-0.05, 0) is 56.4 Å². The second-order valence-electron chi connectivity index (χ2n) is 7.32. The number of carbonyl (C=O) groups excluding carboxylic acids is 1. The molecule has 0 bridgehead atoms. The summed E-state index contributed by atoms with van der Waals surface area (Å²) in [4.78, 5) is 14.7. The SMILES string of the molecule is CCCS(=O)(=O)Oc1c(C(=O)c2cc(C)c3c(c2C)C(OC)CCS3)cnn1CC. The van der Waals surface area contributed by atoms with E-state index in [9.17, 15) is 13.2 Å². The number of aryl methyl sites for hydroxylation is 2. The molecule has 0 amide bonds. The minimum Gasteiger partial charge on any atom is -0.377 e. The third kappa shape index (κ3) is 4.29. The Balaban J connectivity index is 2.10. The zero-order valence-corrected chi connectivity index (χ0v) is 19.7. The van der Waals surface area contributed by atoms with Crippen molar-refractivity contribution in [3.05, 3.63) is 40.1 Å². The predicted octanol–water partition coefficient (Wildman–Crippen LogP) is 4.05. The lowest BCUT2D eigenvalue weighted by Crippen LogP contribution is -2.19. The van der Waals surface area contributed by atoms with E-state index < -0.39 is 10.1 Å². The van der Waals surface area contributed by atoms with Gasteiger partial charge in [0, 0.05) is 29.9 Å². The summed E-state index contributed by atoms with van der Waals surface area (Å²) in [6.45, 7) is 7.86. The molecular weight excluding hydrogens is 424 g/mol. The molecule has 1 unspecified atom stereocenters. The van der Waals surface area contributed by atoms with E-state index in [0.29, 0.717) is 18.5 Å². The molecule has 1 aliphatic rings. The summed E-state index contributed by atoms with van der Waals surface area (Å²) in [6, 6.07) is 1.87. The number of rotatable bonds is 8. The molecule has 0 fully saturated rings. The molecule has 1 aliphatic heterocycles. The van der Waals surface area contributed by atoms with Crippen LogP contribution in [-0.2, 0) is 21.4 Å². The monoisotopic (exact) mass is 452 g/mol. The number of thioether (sulfide) groups is 1. The molecule has 1 aromatic carbocycles. The van der Waals surface area contributed by atoms with Crippen LogP contribution in [0.25, 0.3) is 0 Å². The number of benzene rings is 1. The third-order valence-corrected chi connectivity index (χ3v) is 7.83. The van der Waals surface area contributed by atoms with E-state index in [-0.39, 0.29) is 29.1 Å². The standard InChI is InChI=1S/C21H28N2O5S2/c1-6-10-30(25,26)28-21-16(12-22-23(21)7-2)19(24)15-11-13(3)20-18(14(15)4)17(27-5)8-9-29-20/h11-12,17H,6-10H2,1-5H3. The van der Waals surface area contributed by atoms with Gasteiger partial charge in [0.25, 0.3) is 0 Å². The van der Waals surface area contributed by atoms with Crippen LogP contribution >= 0.6 is 11.8 Å². The van der Waals surface area contributed by atoms with Gasteiger partial charge in [-0.15, -0.1) is 11.8 Å². The molecule has 2 aromatic rings. The number of fused-ring (bicyclic) bond motifs is 1. The van der Waals surface area contributed by atoms with E-state index in [1.54, 1.807) is 25.8 Å². The Labute approximate surface area is 182 Å². The number of ketones is 1. The van der Waals surface area contributed by atoms with Crippen molar-refractivity contribution in [1.29, 1.82) is 0 Å². The molecule has 0 radical (unpaired) electrons. The van der Waals surface area contributed by atoms with E-state index in [0.717, 1.165) is 33.8 Å². The van der Waals surface area contributed by atoms with Crippen LogP contribution in [0.4, 0.5) is 0 Å². The summed E-state index contributed by atoms with van der Waals surface area (Å²) in [5.74, 6) is 0.517. The van der Waals surface area contributed by atoms with Crippen LogP contribution in [0.1, 0.15) is 65.4 Å². The van der Waals surface area contributed by atoms with Crippen LogP contribution in [0, 0.1) is 13.8 Å². The first-order valence-electron chi connectivity index (χ1n) is 10.1. The Hall–Kier alpha value is -1.84. The van der Waals surface area contributed by atoms with Gasteiger partial charge in [-0.3, -0.25) is 4.79 Å². The van der Waals surface area contributed by atoms with Crippen LogP contribution in [-0.4, -0.2) is 42.6 Å². The Bertz CT molecular complexity index is 1060. The van der Waals surface area contributed by atoms with Gasteiger partial charge < -0.3 is 8.92 Å². The van der Waals surface area contributed by atoms with Gasteiger partial charge in [-0.25, -0.2) is 4.68 Å².